The smallest absolute Gasteiger partial charge is 0.222 e. The van der Waals surface area contributed by atoms with E-state index in [-0.39, 0.29) is 11.8 Å². The van der Waals surface area contributed by atoms with Gasteiger partial charge in [0, 0.05) is 17.2 Å². The van der Waals surface area contributed by atoms with Crippen LogP contribution in [-0.2, 0) is 0 Å². The summed E-state index contributed by atoms with van der Waals surface area (Å²) in [5.74, 6) is 1.85. The molecular formula is C14H17BrN2O3. The van der Waals surface area contributed by atoms with Crippen molar-refractivity contribution in [1.82, 2.24) is 5.16 Å². The number of benzene rings is 1. The molecule has 20 heavy (non-hydrogen) atoms. The molecule has 0 bridgehead atoms. The molecule has 1 aromatic carbocycles. The predicted octanol–water partition coefficient (Wildman–Crippen LogP) is 3.83. The summed E-state index contributed by atoms with van der Waals surface area (Å²) in [5.41, 5.74) is 8.19. The largest absolute Gasteiger partial charge is 0.492 e. The van der Waals surface area contributed by atoms with Crippen molar-refractivity contribution in [3.05, 3.63) is 22.2 Å². The van der Waals surface area contributed by atoms with Crippen molar-refractivity contribution in [3.63, 3.8) is 0 Å². The molecule has 0 spiro atoms. The molecule has 5 nitrogen and oxygen atoms in total. The van der Waals surface area contributed by atoms with Gasteiger partial charge in [-0.2, -0.15) is 0 Å². The van der Waals surface area contributed by atoms with Crippen LogP contribution in [0, 0.1) is 0 Å². The van der Waals surface area contributed by atoms with Crippen molar-refractivity contribution in [2.24, 2.45) is 0 Å². The van der Waals surface area contributed by atoms with Crippen LogP contribution in [-0.4, -0.2) is 19.4 Å². The molecule has 0 atom stereocenters. The van der Waals surface area contributed by atoms with Crippen LogP contribution in [0.3, 0.4) is 0 Å². The SMILES string of the molecule is COc1c(Br)cc(-c2cc(N)on2)c(C(C)C)c1OC. The van der Waals surface area contributed by atoms with Crippen LogP contribution in [0.5, 0.6) is 11.5 Å². The normalized spacial score (nSPS) is 10.9. The number of anilines is 1. The van der Waals surface area contributed by atoms with E-state index in [2.05, 4.69) is 34.9 Å². The second-order valence-corrected chi connectivity index (χ2v) is 5.51. The highest BCUT2D eigenvalue weighted by atomic mass is 79.9. The number of hydrogen-bond donors (Lipinski definition) is 1. The molecule has 0 saturated heterocycles. The van der Waals surface area contributed by atoms with Crippen LogP contribution in [0.15, 0.2) is 21.1 Å². The van der Waals surface area contributed by atoms with E-state index in [0.29, 0.717) is 17.2 Å². The number of nitrogen functional groups attached to an aromatic ring is 1. The summed E-state index contributed by atoms with van der Waals surface area (Å²) in [5, 5.41) is 3.98. The lowest BCUT2D eigenvalue weighted by atomic mass is 9.93. The summed E-state index contributed by atoms with van der Waals surface area (Å²) < 4.78 is 16.7. The first kappa shape index (κ1) is 14.7. The Morgan fingerprint density at radius 2 is 1.85 bits per heavy atom. The number of hydrogen-bond acceptors (Lipinski definition) is 5. The van der Waals surface area contributed by atoms with E-state index in [0.717, 1.165) is 15.6 Å². The van der Waals surface area contributed by atoms with Crippen molar-refractivity contribution in [2.45, 2.75) is 19.8 Å². The van der Waals surface area contributed by atoms with Crippen LogP contribution in [0.25, 0.3) is 11.3 Å². The maximum Gasteiger partial charge on any atom is 0.222 e. The van der Waals surface area contributed by atoms with Gasteiger partial charge in [0.15, 0.2) is 11.5 Å². The molecule has 0 aliphatic carbocycles. The van der Waals surface area contributed by atoms with Gasteiger partial charge in [-0.3, -0.25) is 0 Å². The second kappa shape index (κ2) is 5.75. The fraction of sp³-hybridized carbons (Fsp3) is 0.357. The Labute approximate surface area is 126 Å². The number of halogens is 1. The molecule has 0 unspecified atom stereocenters. The molecule has 2 N–H and O–H groups in total. The zero-order valence-corrected chi connectivity index (χ0v) is 13.4. The van der Waals surface area contributed by atoms with E-state index in [4.69, 9.17) is 19.7 Å². The van der Waals surface area contributed by atoms with E-state index in [1.165, 1.54) is 0 Å². The van der Waals surface area contributed by atoms with Crippen molar-refractivity contribution in [1.29, 1.82) is 0 Å². The van der Waals surface area contributed by atoms with Gasteiger partial charge in [0.05, 0.1) is 18.7 Å². The Kier molecular flexibility index (Phi) is 4.23. The first-order chi connectivity index (χ1) is 9.49. The maximum absolute atomic E-state index is 5.61. The minimum absolute atomic E-state index is 0.222. The second-order valence-electron chi connectivity index (χ2n) is 4.66. The molecule has 0 amide bonds. The fourth-order valence-electron chi connectivity index (χ4n) is 2.22. The van der Waals surface area contributed by atoms with Crippen LogP contribution in [0.1, 0.15) is 25.3 Å². The molecule has 6 heteroatoms. The third kappa shape index (κ3) is 2.47. The minimum Gasteiger partial charge on any atom is -0.492 e. The number of nitrogens with two attached hydrogens (primary N) is 1. The Morgan fingerprint density at radius 3 is 2.30 bits per heavy atom. The first-order valence-corrected chi connectivity index (χ1v) is 6.95. The molecule has 0 fully saturated rings. The minimum atomic E-state index is 0.222. The molecule has 1 heterocycles. The lowest BCUT2D eigenvalue weighted by molar-refractivity contribution is 0.349. The molecule has 0 aliphatic rings. The van der Waals surface area contributed by atoms with Gasteiger partial charge in [0.1, 0.15) is 5.69 Å². The van der Waals surface area contributed by atoms with Gasteiger partial charge < -0.3 is 19.7 Å². The molecular weight excluding hydrogens is 324 g/mol. The third-order valence-corrected chi connectivity index (χ3v) is 3.61. The van der Waals surface area contributed by atoms with Gasteiger partial charge in [0.25, 0.3) is 0 Å². The molecule has 0 aliphatic heterocycles. The zero-order chi connectivity index (χ0) is 14.9. The highest BCUT2D eigenvalue weighted by Crippen LogP contribution is 2.46. The van der Waals surface area contributed by atoms with E-state index in [1.807, 2.05) is 6.07 Å². The molecule has 0 saturated carbocycles. The third-order valence-electron chi connectivity index (χ3n) is 3.02. The Morgan fingerprint density at radius 1 is 1.20 bits per heavy atom. The number of methoxy groups -OCH3 is 2. The molecule has 0 radical (unpaired) electrons. The van der Waals surface area contributed by atoms with Crippen LogP contribution < -0.4 is 15.2 Å². The van der Waals surface area contributed by atoms with Crippen molar-refractivity contribution in [3.8, 4) is 22.8 Å². The maximum atomic E-state index is 5.61. The number of aromatic nitrogens is 1. The number of rotatable bonds is 4. The van der Waals surface area contributed by atoms with E-state index >= 15 is 0 Å². The van der Waals surface area contributed by atoms with Crippen molar-refractivity contribution >= 4 is 21.8 Å². The van der Waals surface area contributed by atoms with Crippen LogP contribution in [0.4, 0.5) is 5.88 Å². The van der Waals surface area contributed by atoms with E-state index in [9.17, 15) is 0 Å². The van der Waals surface area contributed by atoms with Gasteiger partial charge in [-0.05, 0) is 27.9 Å². The lowest BCUT2D eigenvalue weighted by Gasteiger charge is -2.19. The number of ether oxygens (including phenoxy) is 2. The monoisotopic (exact) mass is 340 g/mol. The van der Waals surface area contributed by atoms with Gasteiger partial charge in [-0.15, -0.1) is 0 Å². The van der Waals surface area contributed by atoms with E-state index in [1.54, 1.807) is 20.3 Å². The summed E-state index contributed by atoms with van der Waals surface area (Å²) in [6.45, 7) is 4.16. The molecule has 108 valence electrons. The van der Waals surface area contributed by atoms with Crippen LogP contribution in [0.2, 0.25) is 0 Å². The molecule has 2 aromatic rings. The molecule has 2 rings (SSSR count). The van der Waals surface area contributed by atoms with Crippen LogP contribution >= 0.6 is 15.9 Å². The van der Waals surface area contributed by atoms with Gasteiger partial charge in [-0.1, -0.05) is 19.0 Å². The van der Waals surface area contributed by atoms with Gasteiger partial charge in [0.2, 0.25) is 5.88 Å². The van der Waals surface area contributed by atoms with E-state index < -0.39 is 0 Å². The quantitative estimate of drug-likeness (QED) is 0.915. The summed E-state index contributed by atoms with van der Waals surface area (Å²) in [7, 11) is 3.23. The average Bonchev–Trinajstić information content (AvgIpc) is 2.83. The van der Waals surface area contributed by atoms with Crippen molar-refractivity contribution < 1.29 is 14.0 Å². The average molecular weight is 341 g/mol. The standard InChI is InChI=1S/C14H17BrN2O3/c1-7(2)12-8(10-6-11(16)20-17-10)5-9(15)13(18-3)14(12)19-4/h5-7H,16H2,1-4H3. The Balaban J connectivity index is 2.77. The summed E-state index contributed by atoms with van der Waals surface area (Å²) in [6, 6.07) is 3.63. The Bertz CT molecular complexity index is 623. The summed E-state index contributed by atoms with van der Waals surface area (Å²) >= 11 is 3.49. The topological polar surface area (TPSA) is 70.5 Å². The van der Waals surface area contributed by atoms with Gasteiger partial charge in [-0.25, -0.2) is 0 Å². The fourth-order valence-corrected chi connectivity index (χ4v) is 2.79. The van der Waals surface area contributed by atoms with Gasteiger partial charge >= 0.3 is 0 Å². The summed E-state index contributed by atoms with van der Waals surface area (Å²) in [4.78, 5) is 0. The predicted molar refractivity (Wildman–Crippen MR) is 81.2 cm³/mol. The lowest BCUT2D eigenvalue weighted by Crippen LogP contribution is -2.01. The Hall–Kier alpha value is -1.69. The highest BCUT2D eigenvalue weighted by molar-refractivity contribution is 9.10. The first-order valence-electron chi connectivity index (χ1n) is 6.16. The molecule has 1 aromatic heterocycles. The number of nitrogens with zero attached hydrogens (tertiary/aromatic N) is 1. The summed E-state index contributed by atoms with van der Waals surface area (Å²) in [6.07, 6.45) is 0. The van der Waals surface area contributed by atoms with Crippen molar-refractivity contribution in [2.75, 3.05) is 20.0 Å². The zero-order valence-electron chi connectivity index (χ0n) is 11.9. The highest BCUT2D eigenvalue weighted by Gasteiger charge is 2.23.